The molecule has 0 radical (unpaired) electrons. The van der Waals surface area contributed by atoms with E-state index < -0.39 is 6.09 Å². The van der Waals surface area contributed by atoms with Crippen LogP contribution < -0.4 is 9.47 Å². The fourth-order valence-electron chi connectivity index (χ4n) is 3.26. The van der Waals surface area contributed by atoms with E-state index in [0.717, 1.165) is 16.7 Å². The zero-order valence-electron chi connectivity index (χ0n) is 14.9. The van der Waals surface area contributed by atoms with Crippen LogP contribution in [-0.4, -0.2) is 48.4 Å². The van der Waals surface area contributed by atoms with Crippen molar-refractivity contribution < 1.29 is 19.4 Å². The summed E-state index contributed by atoms with van der Waals surface area (Å²) in [7, 11) is 3.16. The summed E-state index contributed by atoms with van der Waals surface area (Å²) < 4.78 is 10.7. The standard InChI is InChI=1S/C20H22N2O4/c1-25-17-9-8-16(19(21-17)26-2)18(14-6-4-3-5-7-14)15-10-12-22(13-11-15)20(23)24/h3-9H,10-13H2,1-2H3,(H,23,24). The van der Waals surface area contributed by atoms with Gasteiger partial charge in [-0.25, -0.2) is 4.79 Å². The Morgan fingerprint density at radius 3 is 2.31 bits per heavy atom. The van der Waals surface area contributed by atoms with E-state index in [1.54, 1.807) is 14.2 Å². The normalized spacial score (nSPS) is 14.1. The van der Waals surface area contributed by atoms with Crippen LogP contribution in [0.4, 0.5) is 4.79 Å². The van der Waals surface area contributed by atoms with Crippen molar-refractivity contribution in [1.29, 1.82) is 0 Å². The molecule has 1 aromatic carbocycles. The summed E-state index contributed by atoms with van der Waals surface area (Å²) in [5.74, 6) is 0.986. The quantitative estimate of drug-likeness (QED) is 0.907. The molecule has 0 aliphatic carbocycles. The van der Waals surface area contributed by atoms with E-state index in [4.69, 9.17) is 9.47 Å². The molecule has 1 amide bonds. The molecular weight excluding hydrogens is 332 g/mol. The number of nitrogens with zero attached hydrogens (tertiary/aromatic N) is 2. The van der Waals surface area contributed by atoms with Crippen LogP contribution in [0.25, 0.3) is 5.57 Å². The van der Waals surface area contributed by atoms with E-state index >= 15 is 0 Å². The Morgan fingerprint density at radius 2 is 1.73 bits per heavy atom. The lowest BCUT2D eigenvalue weighted by molar-refractivity contribution is 0.142. The van der Waals surface area contributed by atoms with E-state index in [-0.39, 0.29) is 0 Å². The number of hydrogen-bond acceptors (Lipinski definition) is 4. The van der Waals surface area contributed by atoms with E-state index in [1.165, 1.54) is 10.5 Å². The van der Waals surface area contributed by atoms with Gasteiger partial charge in [0.1, 0.15) is 0 Å². The molecule has 3 rings (SSSR count). The highest BCUT2D eigenvalue weighted by molar-refractivity contribution is 5.84. The van der Waals surface area contributed by atoms with Crippen molar-refractivity contribution in [2.75, 3.05) is 27.3 Å². The van der Waals surface area contributed by atoms with Crippen LogP contribution in [0.5, 0.6) is 11.8 Å². The summed E-state index contributed by atoms with van der Waals surface area (Å²) in [5.41, 5.74) is 4.22. The van der Waals surface area contributed by atoms with Gasteiger partial charge >= 0.3 is 6.09 Å². The Hall–Kier alpha value is -3.02. The van der Waals surface area contributed by atoms with Crippen molar-refractivity contribution in [3.63, 3.8) is 0 Å². The minimum Gasteiger partial charge on any atom is -0.481 e. The van der Waals surface area contributed by atoms with Gasteiger partial charge in [0.2, 0.25) is 11.8 Å². The first kappa shape index (κ1) is 17.8. The summed E-state index contributed by atoms with van der Waals surface area (Å²) in [6, 6.07) is 13.8. The van der Waals surface area contributed by atoms with Gasteiger partial charge < -0.3 is 19.5 Å². The number of rotatable bonds is 4. The molecule has 1 fully saturated rings. The maximum atomic E-state index is 11.2. The molecule has 2 heterocycles. The molecule has 136 valence electrons. The van der Waals surface area contributed by atoms with Gasteiger partial charge in [-0.2, -0.15) is 4.98 Å². The van der Waals surface area contributed by atoms with Crippen molar-refractivity contribution in [1.82, 2.24) is 9.88 Å². The lowest BCUT2D eigenvalue weighted by atomic mass is 9.89. The lowest BCUT2D eigenvalue weighted by Gasteiger charge is -2.28. The van der Waals surface area contributed by atoms with Crippen LogP contribution in [0.2, 0.25) is 0 Å². The molecule has 0 bridgehead atoms. The molecule has 1 aliphatic rings. The molecule has 6 heteroatoms. The summed E-state index contributed by atoms with van der Waals surface area (Å²) in [6.07, 6.45) is 0.506. The Morgan fingerprint density at radius 1 is 1.04 bits per heavy atom. The number of piperidine rings is 1. The molecule has 1 aliphatic heterocycles. The topological polar surface area (TPSA) is 71.9 Å². The van der Waals surface area contributed by atoms with Crippen molar-refractivity contribution in [3.8, 4) is 11.8 Å². The predicted molar refractivity (Wildman–Crippen MR) is 98.6 cm³/mol. The van der Waals surface area contributed by atoms with Crippen LogP contribution in [0.3, 0.4) is 0 Å². The van der Waals surface area contributed by atoms with Crippen LogP contribution in [0, 0.1) is 0 Å². The third-order valence-electron chi connectivity index (χ3n) is 4.56. The van der Waals surface area contributed by atoms with Crippen molar-refractivity contribution in [3.05, 3.63) is 59.2 Å². The van der Waals surface area contributed by atoms with Gasteiger partial charge in [-0.05, 0) is 30.0 Å². The first-order valence-corrected chi connectivity index (χ1v) is 8.48. The molecule has 0 saturated carbocycles. The van der Waals surface area contributed by atoms with Crippen LogP contribution >= 0.6 is 0 Å². The molecule has 6 nitrogen and oxygen atoms in total. The van der Waals surface area contributed by atoms with Gasteiger partial charge in [-0.15, -0.1) is 0 Å². The molecule has 2 aromatic rings. The maximum absolute atomic E-state index is 11.2. The van der Waals surface area contributed by atoms with Gasteiger partial charge in [0.25, 0.3) is 0 Å². The average Bonchev–Trinajstić information content (AvgIpc) is 2.69. The number of ether oxygens (including phenoxy) is 2. The second kappa shape index (κ2) is 7.91. The van der Waals surface area contributed by atoms with Crippen LogP contribution in [0.15, 0.2) is 48.0 Å². The fraction of sp³-hybridized carbons (Fsp3) is 0.300. The van der Waals surface area contributed by atoms with Gasteiger partial charge in [-0.1, -0.05) is 35.9 Å². The zero-order valence-corrected chi connectivity index (χ0v) is 14.9. The second-order valence-electron chi connectivity index (χ2n) is 6.02. The number of amides is 1. The predicted octanol–water partition coefficient (Wildman–Crippen LogP) is 3.67. The number of likely N-dealkylation sites (tertiary alicyclic amines) is 1. The summed E-state index contributed by atoms with van der Waals surface area (Å²) in [6.45, 7) is 0.986. The SMILES string of the molecule is COc1ccc(C(=C2CCN(C(=O)O)CC2)c2ccccc2)c(OC)n1. The summed E-state index contributed by atoms with van der Waals surface area (Å²) in [4.78, 5) is 17.1. The molecule has 1 N–H and O–H groups in total. The third kappa shape index (κ3) is 3.64. The number of carbonyl (C=O) groups is 1. The third-order valence-corrected chi connectivity index (χ3v) is 4.56. The van der Waals surface area contributed by atoms with Gasteiger partial charge in [0, 0.05) is 24.7 Å². The van der Waals surface area contributed by atoms with Crippen LogP contribution in [-0.2, 0) is 0 Å². The van der Waals surface area contributed by atoms with E-state index in [2.05, 4.69) is 17.1 Å². The number of hydrogen-bond donors (Lipinski definition) is 1. The number of carboxylic acid groups (broad SMARTS) is 1. The van der Waals surface area contributed by atoms with Gasteiger partial charge in [0.15, 0.2) is 0 Å². The summed E-state index contributed by atoms with van der Waals surface area (Å²) in [5, 5.41) is 9.20. The minimum atomic E-state index is -0.867. The Bertz CT molecular complexity index is 808. The monoisotopic (exact) mass is 354 g/mol. The Labute approximate surface area is 152 Å². The minimum absolute atomic E-state index is 0.490. The lowest BCUT2D eigenvalue weighted by Crippen LogP contribution is -2.35. The molecule has 0 spiro atoms. The molecule has 0 unspecified atom stereocenters. The van der Waals surface area contributed by atoms with E-state index in [9.17, 15) is 9.90 Å². The van der Waals surface area contributed by atoms with Gasteiger partial charge in [0.05, 0.1) is 14.2 Å². The Kier molecular flexibility index (Phi) is 5.41. The maximum Gasteiger partial charge on any atom is 0.407 e. The number of benzene rings is 1. The van der Waals surface area contributed by atoms with Crippen molar-refractivity contribution >= 4 is 11.7 Å². The highest BCUT2D eigenvalue weighted by Gasteiger charge is 2.23. The first-order chi connectivity index (χ1) is 12.6. The highest BCUT2D eigenvalue weighted by atomic mass is 16.5. The Balaban J connectivity index is 2.09. The van der Waals surface area contributed by atoms with E-state index in [0.29, 0.717) is 37.7 Å². The largest absolute Gasteiger partial charge is 0.481 e. The van der Waals surface area contributed by atoms with Crippen molar-refractivity contribution in [2.24, 2.45) is 0 Å². The van der Waals surface area contributed by atoms with Gasteiger partial charge in [-0.3, -0.25) is 0 Å². The number of pyridine rings is 1. The van der Waals surface area contributed by atoms with E-state index in [1.807, 2.05) is 30.3 Å². The molecule has 0 atom stereocenters. The highest BCUT2D eigenvalue weighted by Crippen LogP contribution is 2.37. The first-order valence-electron chi connectivity index (χ1n) is 8.48. The zero-order chi connectivity index (χ0) is 18.5. The molecule has 1 aromatic heterocycles. The average molecular weight is 354 g/mol. The second-order valence-corrected chi connectivity index (χ2v) is 6.02. The number of methoxy groups -OCH3 is 2. The van der Waals surface area contributed by atoms with Crippen LogP contribution in [0.1, 0.15) is 24.0 Å². The molecular formula is C20H22N2O4. The molecule has 1 saturated heterocycles. The van der Waals surface area contributed by atoms with Crippen molar-refractivity contribution in [2.45, 2.75) is 12.8 Å². The molecule has 26 heavy (non-hydrogen) atoms. The smallest absolute Gasteiger partial charge is 0.407 e. The summed E-state index contributed by atoms with van der Waals surface area (Å²) >= 11 is 0. The fourth-order valence-corrected chi connectivity index (χ4v) is 3.26. The number of aromatic nitrogens is 1.